The van der Waals surface area contributed by atoms with Crippen molar-refractivity contribution in [2.45, 2.75) is 12.5 Å². The molecule has 106 valence electrons. The third-order valence-corrected chi connectivity index (χ3v) is 3.92. The maximum atomic E-state index is 14.0. The molecule has 0 aliphatic heterocycles. The number of hydrogen-bond donors (Lipinski definition) is 1. The number of likely N-dealkylation sites (N-methyl/N-ethyl adjacent to an activating group) is 1. The van der Waals surface area contributed by atoms with Crippen LogP contribution in [0.15, 0.2) is 40.9 Å². The van der Waals surface area contributed by atoms with Crippen LogP contribution in [-0.2, 0) is 6.42 Å². The van der Waals surface area contributed by atoms with Crippen molar-refractivity contribution in [1.82, 2.24) is 5.32 Å². The van der Waals surface area contributed by atoms with Gasteiger partial charge in [0.25, 0.3) is 0 Å². The van der Waals surface area contributed by atoms with Gasteiger partial charge in [0.15, 0.2) is 0 Å². The van der Waals surface area contributed by atoms with E-state index in [1.54, 1.807) is 31.3 Å². The van der Waals surface area contributed by atoms with Crippen LogP contribution in [0.5, 0.6) is 0 Å². The molecule has 0 spiro atoms. The highest BCUT2D eigenvalue weighted by Gasteiger charge is 2.18. The zero-order valence-corrected chi connectivity index (χ0v) is 13.1. The number of halogens is 4. The van der Waals surface area contributed by atoms with E-state index in [2.05, 4.69) is 21.2 Å². The Hall–Kier alpha value is -0.970. The summed E-state index contributed by atoms with van der Waals surface area (Å²) in [6, 6.07) is 9.20. The summed E-state index contributed by atoms with van der Waals surface area (Å²) in [5.41, 5.74) is 0.942. The van der Waals surface area contributed by atoms with Gasteiger partial charge in [0, 0.05) is 16.1 Å². The van der Waals surface area contributed by atoms with E-state index in [9.17, 15) is 8.78 Å². The molecular formula is C15H13BrClF2N. The molecule has 0 aromatic heterocycles. The summed E-state index contributed by atoms with van der Waals surface area (Å²) in [5, 5.41) is 3.07. The highest BCUT2D eigenvalue weighted by molar-refractivity contribution is 9.10. The fourth-order valence-corrected chi connectivity index (χ4v) is 2.67. The molecule has 0 saturated carbocycles. The first-order chi connectivity index (χ1) is 9.52. The van der Waals surface area contributed by atoms with E-state index in [-0.39, 0.29) is 16.9 Å². The topological polar surface area (TPSA) is 12.0 Å². The molecular weight excluding hydrogens is 348 g/mol. The molecule has 1 N–H and O–H groups in total. The van der Waals surface area contributed by atoms with Crippen molar-refractivity contribution >= 4 is 27.5 Å². The van der Waals surface area contributed by atoms with Gasteiger partial charge in [-0.15, -0.1) is 0 Å². The Morgan fingerprint density at radius 3 is 2.70 bits per heavy atom. The van der Waals surface area contributed by atoms with Gasteiger partial charge in [-0.2, -0.15) is 0 Å². The third-order valence-electron chi connectivity index (χ3n) is 3.14. The second-order valence-electron chi connectivity index (χ2n) is 4.42. The van der Waals surface area contributed by atoms with Crippen LogP contribution in [0.4, 0.5) is 8.78 Å². The van der Waals surface area contributed by atoms with Gasteiger partial charge in [-0.05, 0) is 43.3 Å². The van der Waals surface area contributed by atoms with E-state index in [1.807, 2.05) is 0 Å². The van der Waals surface area contributed by atoms with E-state index in [1.165, 1.54) is 12.1 Å². The largest absolute Gasteiger partial charge is 0.313 e. The van der Waals surface area contributed by atoms with Gasteiger partial charge in [0.05, 0.1) is 5.02 Å². The molecule has 1 unspecified atom stereocenters. The third kappa shape index (κ3) is 3.37. The van der Waals surface area contributed by atoms with Gasteiger partial charge in [0.1, 0.15) is 11.6 Å². The van der Waals surface area contributed by atoms with Crippen LogP contribution in [0.1, 0.15) is 17.2 Å². The lowest BCUT2D eigenvalue weighted by molar-refractivity contribution is 0.520. The zero-order valence-electron chi connectivity index (χ0n) is 10.8. The molecule has 0 heterocycles. The minimum atomic E-state index is -0.469. The summed E-state index contributed by atoms with van der Waals surface area (Å²) in [4.78, 5) is 0. The van der Waals surface area contributed by atoms with Crippen LogP contribution in [0.2, 0.25) is 5.02 Å². The predicted molar refractivity (Wildman–Crippen MR) is 81.0 cm³/mol. The number of rotatable bonds is 4. The van der Waals surface area contributed by atoms with Crippen molar-refractivity contribution in [3.8, 4) is 0 Å². The molecule has 5 heteroatoms. The molecule has 0 amide bonds. The molecule has 2 rings (SSSR count). The zero-order chi connectivity index (χ0) is 14.7. The first-order valence-electron chi connectivity index (χ1n) is 6.08. The predicted octanol–water partition coefficient (Wildman–Crippen LogP) is 4.88. The summed E-state index contributed by atoms with van der Waals surface area (Å²) in [7, 11) is 1.71. The maximum absolute atomic E-state index is 14.0. The van der Waals surface area contributed by atoms with Crippen molar-refractivity contribution in [2.75, 3.05) is 7.05 Å². The van der Waals surface area contributed by atoms with Crippen LogP contribution in [0.25, 0.3) is 0 Å². The van der Waals surface area contributed by atoms with Gasteiger partial charge in [-0.3, -0.25) is 0 Å². The molecule has 2 aromatic carbocycles. The van der Waals surface area contributed by atoms with E-state index >= 15 is 0 Å². The van der Waals surface area contributed by atoms with Gasteiger partial charge in [-0.25, -0.2) is 8.78 Å². The average molecular weight is 361 g/mol. The lowest BCUT2D eigenvalue weighted by atomic mass is 9.98. The monoisotopic (exact) mass is 359 g/mol. The van der Waals surface area contributed by atoms with E-state index in [0.29, 0.717) is 17.5 Å². The molecule has 0 aliphatic carbocycles. The molecule has 0 radical (unpaired) electrons. The Balaban J connectivity index is 2.34. The average Bonchev–Trinajstić information content (AvgIpc) is 2.43. The summed E-state index contributed by atoms with van der Waals surface area (Å²) in [6.07, 6.45) is 0.332. The normalized spacial score (nSPS) is 12.4. The molecule has 20 heavy (non-hydrogen) atoms. The smallest absolute Gasteiger partial charge is 0.146 e. The Morgan fingerprint density at radius 1 is 1.25 bits per heavy atom. The highest BCUT2D eigenvalue weighted by atomic mass is 79.9. The second kappa shape index (κ2) is 6.66. The molecule has 0 fully saturated rings. The van der Waals surface area contributed by atoms with Gasteiger partial charge >= 0.3 is 0 Å². The first kappa shape index (κ1) is 15.4. The van der Waals surface area contributed by atoms with Gasteiger partial charge in [-0.1, -0.05) is 39.7 Å². The number of benzene rings is 2. The van der Waals surface area contributed by atoms with Crippen LogP contribution in [0, 0.1) is 11.6 Å². The van der Waals surface area contributed by atoms with Gasteiger partial charge < -0.3 is 5.32 Å². The van der Waals surface area contributed by atoms with Crippen molar-refractivity contribution in [3.63, 3.8) is 0 Å². The van der Waals surface area contributed by atoms with Crippen molar-refractivity contribution < 1.29 is 8.78 Å². The van der Waals surface area contributed by atoms with Crippen LogP contribution in [0.3, 0.4) is 0 Å². The Morgan fingerprint density at radius 2 is 2.00 bits per heavy atom. The Labute approximate surface area is 130 Å². The second-order valence-corrected chi connectivity index (χ2v) is 5.75. The molecule has 0 bridgehead atoms. The van der Waals surface area contributed by atoms with Crippen molar-refractivity contribution in [3.05, 3.63) is 68.7 Å². The fourth-order valence-electron chi connectivity index (χ4n) is 2.08. The van der Waals surface area contributed by atoms with Crippen LogP contribution < -0.4 is 5.32 Å². The molecule has 0 saturated heterocycles. The maximum Gasteiger partial charge on any atom is 0.146 e. The number of hydrogen-bond acceptors (Lipinski definition) is 1. The Kier molecular flexibility index (Phi) is 5.13. The summed E-state index contributed by atoms with van der Waals surface area (Å²) in [6.45, 7) is 0. The van der Waals surface area contributed by atoms with Gasteiger partial charge in [0.2, 0.25) is 0 Å². The minimum Gasteiger partial charge on any atom is -0.313 e. The standard InChI is InChI=1S/C15H13BrClF2N/c1-20-14(11-3-2-4-12(17)15(11)19)8-9-7-10(16)5-6-13(9)18/h2-7,14,20H,8H2,1H3. The summed E-state index contributed by atoms with van der Waals surface area (Å²) >= 11 is 9.10. The quantitative estimate of drug-likeness (QED) is 0.819. The first-order valence-corrected chi connectivity index (χ1v) is 7.25. The van der Waals surface area contributed by atoms with E-state index in [4.69, 9.17) is 11.6 Å². The fraction of sp³-hybridized carbons (Fsp3) is 0.200. The highest BCUT2D eigenvalue weighted by Crippen LogP contribution is 2.27. The molecule has 2 aromatic rings. The van der Waals surface area contributed by atoms with Crippen LogP contribution in [-0.4, -0.2) is 7.05 Å². The summed E-state index contributed by atoms with van der Waals surface area (Å²) < 4.78 is 28.6. The Bertz CT molecular complexity index is 619. The minimum absolute atomic E-state index is 0.0671. The van der Waals surface area contributed by atoms with Crippen molar-refractivity contribution in [1.29, 1.82) is 0 Å². The number of nitrogens with one attached hydrogen (secondary N) is 1. The van der Waals surface area contributed by atoms with E-state index in [0.717, 1.165) is 4.47 Å². The van der Waals surface area contributed by atoms with Crippen molar-refractivity contribution in [2.24, 2.45) is 0 Å². The van der Waals surface area contributed by atoms with E-state index < -0.39 is 5.82 Å². The lowest BCUT2D eigenvalue weighted by Crippen LogP contribution is -2.20. The van der Waals surface area contributed by atoms with Crippen LogP contribution >= 0.6 is 27.5 Å². The summed E-state index contributed by atoms with van der Waals surface area (Å²) in [5.74, 6) is -0.778. The molecule has 0 aliphatic rings. The molecule has 1 nitrogen and oxygen atoms in total. The molecule has 1 atom stereocenters. The lowest BCUT2D eigenvalue weighted by Gasteiger charge is -2.18. The SMILES string of the molecule is CNC(Cc1cc(Br)ccc1F)c1cccc(Cl)c1F.